The first-order valence-corrected chi connectivity index (χ1v) is 8.61. The lowest BCUT2D eigenvalue weighted by atomic mass is 9.73. The molecule has 5 heteroatoms. The predicted molar refractivity (Wildman–Crippen MR) is 104 cm³/mol. The number of nitrogens with one attached hydrogen (secondary N) is 2. The van der Waals surface area contributed by atoms with E-state index in [1.54, 1.807) is 0 Å². The third-order valence-electron chi connectivity index (χ3n) is 3.88. The second kappa shape index (κ2) is 11.9. The van der Waals surface area contributed by atoms with E-state index in [2.05, 4.69) is 28.7 Å². The lowest BCUT2D eigenvalue weighted by Crippen LogP contribution is -2.30. The summed E-state index contributed by atoms with van der Waals surface area (Å²) in [4.78, 5) is 2.39. The molecule has 24 heavy (non-hydrogen) atoms. The Labute approximate surface area is 147 Å². The van der Waals surface area contributed by atoms with Crippen molar-refractivity contribution in [3.63, 3.8) is 0 Å². The molecule has 0 aromatic heterocycles. The van der Waals surface area contributed by atoms with Gasteiger partial charge in [0.25, 0.3) is 0 Å². The zero-order valence-corrected chi connectivity index (χ0v) is 15.1. The van der Waals surface area contributed by atoms with Crippen molar-refractivity contribution in [3.05, 3.63) is 48.8 Å². The van der Waals surface area contributed by atoms with Crippen LogP contribution in [-0.4, -0.2) is 52.0 Å². The summed E-state index contributed by atoms with van der Waals surface area (Å²) in [6.45, 7) is 14.6. The number of benzene rings is 1. The standard InChI is InChI=1S/C19H30BFN3/c1-5-10-24(11-6-8-22-4)12-7-9-23-16(2)17-13-18(20-3)15-19(21)14-17/h5,13-15,22-23H,1-2,6-12H2,3-4H3. The van der Waals surface area contributed by atoms with E-state index in [-0.39, 0.29) is 5.82 Å². The third-order valence-corrected chi connectivity index (χ3v) is 3.88. The summed E-state index contributed by atoms with van der Waals surface area (Å²) in [7, 11) is 3.86. The van der Waals surface area contributed by atoms with Crippen LogP contribution in [0.2, 0.25) is 6.82 Å². The maximum Gasteiger partial charge on any atom is 0.148 e. The molecular formula is C19H30BFN3. The first-order chi connectivity index (χ1) is 11.6. The van der Waals surface area contributed by atoms with Crippen LogP contribution < -0.4 is 16.1 Å². The molecule has 0 bridgehead atoms. The zero-order valence-electron chi connectivity index (χ0n) is 15.1. The highest BCUT2D eigenvalue weighted by atomic mass is 19.1. The zero-order chi connectivity index (χ0) is 17.8. The van der Waals surface area contributed by atoms with E-state index in [0.717, 1.165) is 62.3 Å². The molecular weight excluding hydrogens is 300 g/mol. The maximum atomic E-state index is 13.6. The van der Waals surface area contributed by atoms with Crippen molar-refractivity contribution >= 4 is 18.4 Å². The summed E-state index contributed by atoms with van der Waals surface area (Å²) in [5.41, 5.74) is 2.44. The molecule has 0 saturated heterocycles. The molecule has 0 atom stereocenters. The highest BCUT2D eigenvalue weighted by molar-refractivity contribution is 6.51. The molecule has 0 aliphatic rings. The Bertz CT molecular complexity index is 519. The van der Waals surface area contributed by atoms with Crippen LogP contribution in [0.25, 0.3) is 5.70 Å². The van der Waals surface area contributed by atoms with E-state index in [1.807, 2.05) is 33.3 Å². The first-order valence-electron chi connectivity index (χ1n) is 8.61. The molecule has 1 rings (SSSR count). The Balaban J connectivity index is 2.38. The largest absolute Gasteiger partial charge is 0.385 e. The minimum atomic E-state index is -0.231. The van der Waals surface area contributed by atoms with Crippen LogP contribution in [-0.2, 0) is 0 Å². The van der Waals surface area contributed by atoms with Crippen LogP contribution in [0.3, 0.4) is 0 Å². The van der Waals surface area contributed by atoms with Gasteiger partial charge in [-0.05, 0) is 50.7 Å². The summed E-state index contributed by atoms with van der Waals surface area (Å²) >= 11 is 0. The molecule has 0 fully saturated rings. The van der Waals surface area contributed by atoms with Gasteiger partial charge >= 0.3 is 0 Å². The Hall–Kier alpha value is -1.59. The van der Waals surface area contributed by atoms with Crippen molar-refractivity contribution < 1.29 is 4.39 Å². The number of rotatable bonds is 13. The highest BCUT2D eigenvalue weighted by Crippen LogP contribution is 2.10. The summed E-state index contributed by atoms with van der Waals surface area (Å²) in [5, 5.41) is 6.47. The van der Waals surface area contributed by atoms with Crippen LogP contribution >= 0.6 is 0 Å². The van der Waals surface area contributed by atoms with Gasteiger partial charge in [-0.15, -0.1) is 6.58 Å². The Kier molecular flexibility index (Phi) is 10.1. The number of hydrogen-bond donors (Lipinski definition) is 2. The third kappa shape index (κ3) is 7.80. The Morgan fingerprint density at radius 2 is 1.96 bits per heavy atom. The average molecular weight is 330 g/mol. The summed E-state index contributed by atoms with van der Waals surface area (Å²) in [5.74, 6) is -0.231. The number of hydrogen-bond acceptors (Lipinski definition) is 3. The van der Waals surface area contributed by atoms with E-state index in [0.29, 0.717) is 0 Å². The van der Waals surface area contributed by atoms with E-state index in [4.69, 9.17) is 0 Å². The first kappa shape index (κ1) is 20.5. The smallest absolute Gasteiger partial charge is 0.148 e. The highest BCUT2D eigenvalue weighted by Gasteiger charge is 2.05. The van der Waals surface area contributed by atoms with Crippen molar-refractivity contribution in [2.75, 3.05) is 39.8 Å². The molecule has 0 aliphatic carbocycles. The van der Waals surface area contributed by atoms with Crippen LogP contribution in [0, 0.1) is 5.82 Å². The van der Waals surface area contributed by atoms with Crippen molar-refractivity contribution in [1.29, 1.82) is 0 Å². The molecule has 0 amide bonds. The van der Waals surface area contributed by atoms with Gasteiger partial charge in [-0.2, -0.15) is 0 Å². The van der Waals surface area contributed by atoms with Crippen LogP contribution in [0.4, 0.5) is 4.39 Å². The molecule has 1 radical (unpaired) electrons. The van der Waals surface area contributed by atoms with E-state index in [1.165, 1.54) is 12.1 Å². The summed E-state index contributed by atoms with van der Waals surface area (Å²) < 4.78 is 13.6. The fourth-order valence-corrected chi connectivity index (χ4v) is 2.55. The van der Waals surface area contributed by atoms with Crippen molar-refractivity contribution in [2.45, 2.75) is 19.7 Å². The molecule has 0 spiro atoms. The fraction of sp³-hybridized carbons (Fsp3) is 0.474. The van der Waals surface area contributed by atoms with E-state index >= 15 is 0 Å². The van der Waals surface area contributed by atoms with E-state index < -0.39 is 0 Å². The normalized spacial score (nSPS) is 10.7. The van der Waals surface area contributed by atoms with Gasteiger partial charge in [0.1, 0.15) is 13.1 Å². The molecule has 0 heterocycles. The van der Waals surface area contributed by atoms with Gasteiger partial charge in [-0.1, -0.05) is 31.0 Å². The topological polar surface area (TPSA) is 27.3 Å². The number of halogens is 1. The van der Waals surface area contributed by atoms with Crippen molar-refractivity contribution in [1.82, 2.24) is 15.5 Å². The molecule has 2 N–H and O–H groups in total. The van der Waals surface area contributed by atoms with Crippen LogP contribution in [0.5, 0.6) is 0 Å². The SMILES string of the molecule is C=CCN(CCCNC)CCCNC(=C)c1cc(F)cc([B]C)c1. The lowest BCUT2D eigenvalue weighted by molar-refractivity contribution is 0.294. The van der Waals surface area contributed by atoms with Gasteiger partial charge in [-0.3, -0.25) is 4.90 Å². The van der Waals surface area contributed by atoms with Gasteiger partial charge in [0, 0.05) is 25.3 Å². The van der Waals surface area contributed by atoms with Gasteiger partial charge in [-0.25, -0.2) is 4.39 Å². The van der Waals surface area contributed by atoms with E-state index in [9.17, 15) is 4.39 Å². The second-order valence-corrected chi connectivity index (χ2v) is 5.87. The Morgan fingerprint density at radius 3 is 2.58 bits per heavy atom. The Morgan fingerprint density at radius 1 is 1.25 bits per heavy atom. The van der Waals surface area contributed by atoms with Gasteiger partial charge < -0.3 is 10.6 Å². The fourth-order valence-electron chi connectivity index (χ4n) is 2.55. The summed E-state index contributed by atoms with van der Waals surface area (Å²) in [6, 6.07) is 4.99. The molecule has 1 aromatic rings. The quantitative estimate of drug-likeness (QED) is 0.330. The summed E-state index contributed by atoms with van der Waals surface area (Å²) in [6.07, 6.45) is 4.08. The monoisotopic (exact) mass is 330 g/mol. The van der Waals surface area contributed by atoms with Gasteiger partial charge in [0.2, 0.25) is 0 Å². The molecule has 3 nitrogen and oxygen atoms in total. The van der Waals surface area contributed by atoms with Crippen LogP contribution in [0.1, 0.15) is 18.4 Å². The molecule has 0 aliphatic heterocycles. The van der Waals surface area contributed by atoms with Gasteiger partial charge in [0.05, 0.1) is 0 Å². The minimum Gasteiger partial charge on any atom is -0.385 e. The number of nitrogens with zero attached hydrogens (tertiary/aromatic N) is 1. The molecule has 0 saturated carbocycles. The molecule has 0 unspecified atom stereocenters. The van der Waals surface area contributed by atoms with Gasteiger partial charge in [0.15, 0.2) is 0 Å². The lowest BCUT2D eigenvalue weighted by Gasteiger charge is -2.21. The van der Waals surface area contributed by atoms with Crippen molar-refractivity contribution in [2.24, 2.45) is 0 Å². The maximum absolute atomic E-state index is 13.6. The minimum absolute atomic E-state index is 0.231. The van der Waals surface area contributed by atoms with Crippen molar-refractivity contribution in [3.8, 4) is 0 Å². The molecule has 1 aromatic carbocycles. The second-order valence-electron chi connectivity index (χ2n) is 5.87. The average Bonchev–Trinajstić information content (AvgIpc) is 2.57. The van der Waals surface area contributed by atoms with Crippen LogP contribution in [0.15, 0.2) is 37.4 Å². The molecule has 131 valence electrons. The predicted octanol–water partition coefficient (Wildman–Crippen LogP) is 2.25.